The molecule has 1 saturated heterocycles. The van der Waals surface area contributed by atoms with Crippen LogP contribution in [0.25, 0.3) is 0 Å². The van der Waals surface area contributed by atoms with Crippen LogP contribution in [0.4, 0.5) is 0 Å². The summed E-state index contributed by atoms with van der Waals surface area (Å²) in [6.45, 7) is 0.704. The van der Waals surface area contributed by atoms with Gasteiger partial charge >= 0.3 is 5.97 Å². The summed E-state index contributed by atoms with van der Waals surface area (Å²) in [5.41, 5.74) is 5.75. The molecular formula is C8H15NO3. The Morgan fingerprint density at radius 3 is 3.08 bits per heavy atom. The van der Waals surface area contributed by atoms with Gasteiger partial charge in [0.1, 0.15) is 0 Å². The summed E-state index contributed by atoms with van der Waals surface area (Å²) in [5, 5.41) is 0. The molecule has 0 bridgehead atoms. The molecule has 4 heteroatoms. The Kier molecular flexibility index (Phi) is 3.49. The number of ether oxygens (including phenoxy) is 2. The summed E-state index contributed by atoms with van der Waals surface area (Å²) in [6.07, 6.45) is 2.05. The van der Waals surface area contributed by atoms with Crippen molar-refractivity contribution in [2.45, 2.75) is 31.4 Å². The van der Waals surface area contributed by atoms with Crippen molar-refractivity contribution in [1.82, 2.24) is 0 Å². The maximum atomic E-state index is 10.9. The highest BCUT2D eigenvalue weighted by molar-refractivity contribution is 5.69. The molecule has 0 amide bonds. The molecule has 0 aromatic heterocycles. The number of esters is 1. The molecule has 1 fully saturated rings. The fourth-order valence-electron chi connectivity index (χ4n) is 1.32. The van der Waals surface area contributed by atoms with E-state index in [1.165, 1.54) is 7.11 Å². The molecule has 0 aromatic carbocycles. The van der Waals surface area contributed by atoms with Crippen molar-refractivity contribution in [1.29, 1.82) is 0 Å². The Balaban J connectivity index is 2.33. The van der Waals surface area contributed by atoms with Crippen LogP contribution < -0.4 is 5.73 Å². The molecule has 4 nitrogen and oxygen atoms in total. The van der Waals surface area contributed by atoms with E-state index < -0.39 is 0 Å². The first-order valence-electron chi connectivity index (χ1n) is 4.18. The number of hydrogen-bond donors (Lipinski definition) is 1. The lowest BCUT2D eigenvalue weighted by Gasteiger charge is -2.27. The van der Waals surface area contributed by atoms with Gasteiger partial charge < -0.3 is 15.2 Å². The minimum absolute atomic E-state index is 0.0159. The fourth-order valence-corrected chi connectivity index (χ4v) is 1.32. The third kappa shape index (κ3) is 2.46. The fraction of sp³-hybridized carbons (Fsp3) is 0.875. The molecule has 0 saturated carbocycles. The molecule has 0 aromatic rings. The zero-order chi connectivity index (χ0) is 8.97. The standard InChI is InChI=1S/C8H15NO3/c1-11-8(10)5-7-6(9)3-2-4-12-7/h6-7H,2-5,9H2,1H3. The molecule has 1 rings (SSSR count). The zero-order valence-electron chi connectivity index (χ0n) is 7.29. The van der Waals surface area contributed by atoms with Crippen LogP contribution in [0.2, 0.25) is 0 Å². The van der Waals surface area contributed by atoms with Crippen LogP contribution in [0.1, 0.15) is 19.3 Å². The second kappa shape index (κ2) is 4.42. The summed E-state index contributed by atoms with van der Waals surface area (Å²) in [5.74, 6) is -0.252. The van der Waals surface area contributed by atoms with Crippen molar-refractivity contribution in [2.24, 2.45) is 5.73 Å². The van der Waals surface area contributed by atoms with Crippen LogP contribution >= 0.6 is 0 Å². The van der Waals surface area contributed by atoms with Crippen molar-refractivity contribution >= 4 is 5.97 Å². The Morgan fingerprint density at radius 1 is 1.75 bits per heavy atom. The molecular weight excluding hydrogens is 158 g/mol. The molecule has 0 spiro atoms. The molecule has 2 unspecified atom stereocenters. The average Bonchev–Trinajstić information content (AvgIpc) is 2.09. The minimum atomic E-state index is -0.252. The van der Waals surface area contributed by atoms with Crippen molar-refractivity contribution in [3.8, 4) is 0 Å². The monoisotopic (exact) mass is 173 g/mol. The number of carbonyl (C=O) groups is 1. The van der Waals surface area contributed by atoms with Gasteiger partial charge in [-0.1, -0.05) is 0 Å². The van der Waals surface area contributed by atoms with Gasteiger partial charge in [0.15, 0.2) is 0 Å². The number of methoxy groups -OCH3 is 1. The molecule has 0 radical (unpaired) electrons. The summed E-state index contributed by atoms with van der Waals surface area (Å²) < 4.78 is 9.86. The van der Waals surface area contributed by atoms with Crippen molar-refractivity contribution in [2.75, 3.05) is 13.7 Å². The summed E-state index contributed by atoms with van der Waals surface area (Å²) in [7, 11) is 1.37. The van der Waals surface area contributed by atoms with Gasteiger partial charge in [0.25, 0.3) is 0 Å². The lowest BCUT2D eigenvalue weighted by Crippen LogP contribution is -2.42. The third-order valence-corrected chi connectivity index (χ3v) is 2.09. The first-order valence-corrected chi connectivity index (χ1v) is 4.18. The van der Waals surface area contributed by atoms with Crippen LogP contribution in [-0.4, -0.2) is 31.8 Å². The topological polar surface area (TPSA) is 61.5 Å². The molecule has 2 atom stereocenters. The largest absolute Gasteiger partial charge is 0.469 e. The summed E-state index contributed by atoms with van der Waals surface area (Å²) in [4.78, 5) is 10.9. The third-order valence-electron chi connectivity index (χ3n) is 2.09. The van der Waals surface area contributed by atoms with Gasteiger partial charge in [-0.2, -0.15) is 0 Å². The van der Waals surface area contributed by atoms with Gasteiger partial charge in [0.05, 0.1) is 19.6 Å². The summed E-state index contributed by atoms with van der Waals surface area (Å²) >= 11 is 0. The first kappa shape index (κ1) is 9.48. The van der Waals surface area contributed by atoms with Gasteiger partial charge in [-0.25, -0.2) is 0 Å². The normalized spacial score (nSPS) is 29.8. The van der Waals surface area contributed by atoms with Gasteiger partial charge in [-0.3, -0.25) is 4.79 Å². The number of carbonyl (C=O) groups excluding carboxylic acids is 1. The summed E-state index contributed by atoms with van der Waals surface area (Å²) in [6, 6.07) is -0.0159. The first-order chi connectivity index (χ1) is 5.74. The molecule has 1 aliphatic heterocycles. The SMILES string of the molecule is COC(=O)CC1OCCCC1N. The van der Waals surface area contributed by atoms with Gasteiger partial charge in [-0.15, -0.1) is 0 Å². The van der Waals surface area contributed by atoms with Crippen LogP contribution in [0.15, 0.2) is 0 Å². The molecule has 1 heterocycles. The van der Waals surface area contributed by atoms with E-state index in [-0.39, 0.29) is 24.5 Å². The lowest BCUT2D eigenvalue weighted by atomic mass is 10.0. The highest BCUT2D eigenvalue weighted by Gasteiger charge is 2.25. The Labute approximate surface area is 72.0 Å². The van der Waals surface area contributed by atoms with E-state index in [0.717, 1.165) is 12.8 Å². The second-order valence-electron chi connectivity index (χ2n) is 3.00. The molecule has 0 aliphatic carbocycles. The highest BCUT2D eigenvalue weighted by atomic mass is 16.5. The molecule has 2 N–H and O–H groups in total. The Bertz CT molecular complexity index is 160. The number of hydrogen-bond acceptors (Lipinski definition) is 4. The van der Waals surface area contributed by atoms with E-state index in [1.54, 1.807) is 0 Å². The maximum absolute atomic E-state index is 10.9. The highest BCUT2D eigenvalue weighted by Crippen LogP contribution is 2.14. The Hall–Kier alpha value is -0.610. The predicted octanol–water partition coefficient (Wildman–Crippen LogP) is 0.0558. The van der Waals surface area contributed by atoms with Crippen LogP contribution in [-0.2, 0) is 14.3 Å². The second-order valence-corrected chi connectivity index (χ2v) is 3.00. The Morgan fingerprint density at radius 2 is 2.50 bits per heavy atom. The predicted molar refractivity (Wildman–Crippen MR) is 43.6 cm³/mol. The van der Waals surface area contributed by atoms with Gasteiger partial charge in [0.2, 0.25) is 0 Å². The smallest absolute Gasteiger partial charge is 0.308 e. The quantitative estimate of drug-likeness (QED) is 0.600. The van der Waals surface area contributed by atoms with E-state index in [4.69, 9.17) is 10.5 Å². The van der Waals surface area contributed by atoms with E-state index in [0.29, 0.717) is 6.61 Å². The van der Waals surface area contributed by atoms with Crippen LogP contribution in [0.5, 0.6) is 0 Å². The van der Waals surface area contributed by atoms with Crippen LogP contribution in [0.3, 0.4) is 0 Å². The van der Waals surface area contributed by atoms with Crippen molar-refractivity contribution < 1.29 is 14.3 Å². The van der Waals surface area contributed by atoms with E-state index in [1.807, 2.05) is 0 Å². The van der Waals surface area contributed by atoms with Gasteiger partial charge in [-0.05, 0) is 12.8 Å². The average molecular weight is 173 g/mol. The van der Waals surface area contributed by atoms with Crippen molar-refractivity contribution in [3.05, 3.63) is 0 Å². The number of nitrogens with two attached hydrogens (primary N) is 1. The molecule has 1 aliphatic rings. The zero-order valence-corrected chi connectivity index (χ0v) is 7.29. The van der Waals surface area contributed by atoms with E-state index >= 15 is 0 Å². The van der Waals surface area contributed by atoms with Crippen molar-refractivity contribution in [3.63, 3.8) is 0 Å². The number of rotatable bonds is 2. The van der Waals surface area contributed by atoms with E-state index in [2.05, 4.69) is 4.74 Å². The van der Waals surface area contributed by atoms with Crippen LogP contribution in [0, 0.1) is 0 Å². The van der Waals surface area contributed by atoms with Gasteiger partial charge in [0, 0.05) is 12.6 Å². The minimum Gasteiger partial charge on any atom is -0.469 e. The van der Waals surface area contributed by atoms with E-state index in [9.17, 15) is 4.79 Å². The lowest BCUT2D eigenvalue weighted by molar-refractivity contribution is -0.145. The molecule has 70 valence electrons. The molecule has 12 heavy (non-hydrogen) atoms. The maximum Gasteiger partial charge on any atom is 0.308 e.